The Morgan fingerprint density at radius 2 is 1.17 bits per heavy atom. The summed E-state index contributed by atoms with van der Waals surface area (Å²) in [5.74, 6) is -4.57. The molecular weight excluding hydrogens is 463 g/mol. The van der Waals surface area contributed by atoms with Crippen molar-refractivity contribution in [2.75, 3.05) is 5.75 Å². The van der Waals surface area contributed by atoms with E-state index in [9.17, 15) is 26.4 Å². The Morgan fingerprint density at radius 3 is 1.62 bits per heavy atom. The maximum absolute atomic E-state index is 13.2. The van der Waals surface area contributed by atoms with Gasteiger partial charge in [-0.05, 0) is 48.5 Å². The van der Waals surface area contributed by atoms with Gasteiger partial charge in [-0.1, -0.05) is 23.2 Å². The minimum absolute atomic E-state index is 0.183. The van der Waals surface area contributed by atoms with Crippen molar-refractivity contribution >= 4 is 54.7 Å². The molecule has 8 nitrogen and oxygen atoms in total. The molecule has 2 N–H and O–H groups in total. The van der Waals surface area contributed by atoms with Crippen LogP contribution in [0.25, 0.3) is 0 Å². The number of sulfone groups is 2. The van der Waals surface area contributed by atoms with Crippen LogP contribution < -0.4 is 10.9 Å². The van der Waals surface area contributed by atoms with E-state index in [2.05, 4.69) is 0 Å². The summed E-state index contributed by atoms with van der Waals surface area (Å²) in [4.78, 5) is 23.8. The van der Waals surface area contributed by atoms with Crippen LogP contribution in [0.2, 0.25) is 10.0 Å². The van der Waals surface area contributed by atoms with Gasteiger partial charge in [0.05, 0.1) is 15.5 Å². The van der Waals surface area contributed by atoms with Crippen molar-refractivity contribution in [1.29, 1.82) is 0 Å². The van der Waals surface area contributed by atoms with Gasteiger partial charge in [0.15, 0.2) is 19.7 Å². The lowest BCUT2D eigenvalue weighted by molar-refractivity contribution is -0.127. The molecule has 1 fully saturated rings. The third-order valence-electron chi connectivity index (χ3n) is 4.34. The smallest absolute Gasteiger partial charge is 0.252 e. The summed E-state index contributed by atoms with van der Waals surface area (Å²) in [5, 5.41) is -1.29. The number of carbonyl (C=O) groups is 2. The van der Waals surface area contributed by atoms with Gasteiger partial charge in [0, 0.05) is 10.0 Å². The minimum Gasteiger partial charge on any atom is -0.272 e. The molecule has 1 unspecified atom stereocenters. The van der Waals surface area contributed by atoms with Crippen LogP contribution in [-0.2, 0) is 29.3 Å². The van der Waals surface area contributed by atoms with E-state index < -0.39 is 48.4 Å². The van der Waals surface area contributed by atoms with E-state index in [0.29, 0.717) is 5.02 Å². The number of rotatable bonds is 6. The molecule has 2 aromatic rings. The van der Waals surface area contributed by atoms with Gasteiger partial charge in [-0.15, -0.1) is 0 Å². The third-order valence-corrected chi connectivity index (χ3v) is 9.01. The standard InChI is InChI=1S/C17H14Cl2N2O6S2/c18-10-1-5-12(6-2-10)28(24,25)9-14(15-16(22)20-21-17(15)23)29(26,27)13-7-3-11(19)4-8-13/h1-8,14-15H,9H2,(H,20,22)(H,21,23). The predicted molar refractivity (Wildman–Crippen MR) is 106 cm³/mol. The summed E-state index contributed by atoms with van der Waals surface area (Å²) >= 11 is 11.6. The Labute approximate surface area is 177 Å². The zero-order chi connectivity index (χ0) is 21.4. The number of benzene rings is 2. The molecule has 1 saturated heterocycles. The van der Waals surface area contributed by atoms with Gasteiger partial charge in [-0.3, -0.25) is 20.4 Å². The molecule has 0 radical (unpaired) electrons. The number of hydrogen-bond donors (Lipinski definition) is 2. The summed E-state index contributed by atoms with van der Waals surface area (Å²) in [5.41, 5.74) is 4.06. The SMILES string of the molecule is O=C1NNC(=O)C1C(CS(=O)(=O)c1ccc(Cl)cc1)S(=O)(=O)c1ccc(Cl)cc1. The molecule has 0 saturated carbocycles. The fraction of sp³-hybridized carbons (Fsp3) is 0.176. The van der Waals surface area contributed by atoms with Gasteiger partial charge in [0.25, 0.3) is 11.8 Å². The molecule has 0 bridgehead atoms. The van der Waals surface area contributed by atoms with Gasteiger partial charge in [0.1, 0.15) is 11.2 Å². The summed E-state index contributed by atoms with van der Waals surface area (Å²) in [7, 11) is -8.59. The van der Waals surface area contributed by atoms with Crippen LogP contribution in [0.5, 0.6) is 0 Å². The summed E-state index contributed by atoms with van der Waals surface area (Å²) in [6, 6.07) is 10.1. The van der Waals surface area contributed by atoms with E-state index in [-0.39, 0.29) is 14.8 Å². The first kappa shape index (κ1) is 21.6. The Morgan fingerprint density at radius 1 is 0.759 bits per heavy atom. The second-order valence-corrected chi connectivity index (χ2v) is 11.3. The monoisotopic (exact) mass is 476 g/mol. The highest BCUT2D eigenvalue weighted by molar-refractivity contribution is 7.95. The lowest BCUT2D eigenvalue weighted by Crippen LogP contribution is -2.42. The van der Waals surface area contributed by atoms with Crippen LogP contribution in [0.1, 0.15) is 0 Å². The van der Waals surface area contributed by atoms with Crippen LogP contribution in [0.15, 0.2) is 58.3 Å². The van der Waals surface area contributed by atoms with Crippen LogP contribution in [0.3, 0.4) is 0 Å². The van der Waals surface area contributed by atoms with Crippen molar-refractivity contribution < 1.29 is 26.4 Å². The largest absolute Gasteiger partial charge is 0.272 e. The van der Waals surface area contributed by atoms with Crippen molar-refractivity contribution in [1.82, 2.24) is 10.9 Å². The van der Waals surface area contributed by atoms with E-state index in [4.69, 9.17) is 23.2 Å². The molecule has 0 spiro atoms. The van der Waals surface area contributed by atoms with Crippen molar-refractivity contribution in [2.24, 2.45) is 5.92 Å². The molecular formula is C17H14Cl2N2O6S2. The maximum Gasteiger partial charge on any atom is 0.252 e. The highest BCUT2D eigenvalue weighted by Gasteiger charge is 2.48. The summed E-state index contributed by atoms with van der Waals surface area (Å²) in [6.07, 6.45) is 0. The first-order valence-electron chi connectivity index (χ1n) is 8.10. The molecule has 0 aliphatic carbocycles. The first-order chi connectivity index (χ1) is 13.5. The highest BCUT2D eigenvalue weighted by atomic mass is 35.5. The van der Waals surface area contributed by atoms with Crippen molar-refractivity contribution in [3.05, 3.63) is 58.6 Å². The molecule has 1 aliphatic rings. The molecule has 0 aromatic heterocycles. The van der Waals surface area contributed by atoms with Gasteiger partial charge in [-0.2, -0.15) is 0 Å². The normalized spacial score (nSPS) is 16.3. The Hall–Kier alpha value is -2.14. The third kappa shape index (κ3) is 4.40. The molecule has 1 atom stereocenters. The molecule has 1 heterocycles. The molecule has 1 aliphatic heterocycles. The zero-order valence-corrected chi connectivity index (χ0v) is 17.6. The second-order valence-electron chi connectivity index (χ2n) is 6.23. The van der Waals surface area contributed by atoms with Gasteiger partial charge in [0.2, 0.25) is 0 Å². The number of nitrogens with one attached hydrogen (secondary N) is 2. The lowest BCUT2D eigenvalue weighted by Gasteiger charge is -2.20. The molecule has 12 heteroatoms. The average molecular weight is 477 g/mol. The van der Waals surface area contributed by atoms with Crippen LogP contribution >= 0.6 is 23.2 Å². The van der Waals surface area contributed by atoms with Crippen LogP contribution in [0, 0.1) is 5.92 Å². The van der Waals surface area contributed by atoms with Gasteiger partial charge < -0.3 is 0 Å². The van der Waals surface area contributed by atoms with Gasteiger partial charge >= 0.3 is 0 Å². The predicted octanol–water partition coefficient (Wildman–Crippen LogP) is 1.39. The summed E-state index contributed by atoms with van der Waals surface area (Å²) in [6.45, 7) is 0. The van der Waals surface area contributed by atoms with Crippen molar-refractivity contribution in [2.45, 2.75) is 15.0 Å². The number of hydrazine groups is 1. The van der Waals surface area contributed by atoms with Gasteiger partial charge in [-0.25, -0.2) is 16.8 Å². The van der Waals surface area contributed by atoms with E-state index in [0.717, 1.165) is 0 Å². The Kier molecular flexibility index (Phi) is 5.91. The zero-order valence-electron chi connectivity index (χ0n) is 14.5. The first-order valence-corrected chi connectivity index (χ1v) is 12.1. The van der Waals surface area contributed by atoms with E-state index in [1.807, 2.05) is 10.9 Å². The van der Waals surface area contributed by atoms with Crippen molar-refractivity contribution in [3.8, 4) is 0 Å². The Bertz CT molecular complexity index is 1150. The number of halogens is 2. The molecule has 2 aromatic carbocycles. The molecule has 154 valence electrons. The highest BCUT2D eigenvalue weighted by Crippen LogP contribution is 2.28. The van der Waals surface area contributed by atoms with E-state index in [1.165, 1.54) is 48.5 Å². The summed E-state index contributed by atoms with van der Waals surface area (Å²) < 4.78 is 52.1. The van der Waals surface area contributed by atoms with Crippen molar-refractivity contribution in [3.63, 3.8) is 0 Å². The lowest BCUT2D eigenvalue weighted by atomic mass is 10.1. The fourth-order valence-corrected chi connectivity index (χ4v) is 7.20. The molecule has 3 rings (SSSR count). The quantitative estimate of drug-likeness (QED) is 0.606. The van der Waals surface area contributed by atoms with Crippen LogP contribution in [-0.4, -0.2) is 39.7 Å². The number of amides is 2. The van der Waals surface area contributed by atoms with E-state index >= 15 is 0 Å². The fourth-order valence-electron chi connectivity index (χ4n) is 2.85. The average Bonchev–Trinajstić information content (AvgIpc) is 2.98. The maximum atomic E-state index is 13.2. The Balaban J connectivity index is 2.08. The minimum atomic E-state index is -4.40. The van der Waals surface area contributed by atoms with Crippen LogP contribution in [0.4, 0.5) is 0 Å². The number of hydrogen-bond acceptors (Lipinski definition) is 6. The number of carbonyl (C=O) groups excluding carboxylic acids is 2. The van der Waals surface area contributed by atoms with E-state index in [1.54, 1.807) is 0 Å². The molecule has 29 heavy (non-hydrogen) atoms. The molecule has 2 amide bonds. The second kappa shape index (κ2) is 7.94. The topological polar surface area (TPSA) is 126 Å².